The fourth-order valence-corrected chi connectivity index (χ4v) is 6.03. The first kappa shape index (κ1) is 13.7. The fraction of sp³-hybridized carbons (Fsp3) is 0.450. The average Bonchev–Trinajstić information content (AvgIpc) is 2.98. The van der Waals surface area contributed by atoms with Crippen molar-refractivity contribution in [3.05, 3.63) is 54.7 Å². The largest absolute Gasteiger partial charge is 0.382 e. The van der Waals surface area contributed by atoms with Crippen molar-refractivity contribution in [2.75, 3.05) is 6.54 Å². The summed E-state index contributed by atoms with van der Waals surface area (Å²) in [5, 5.41) is 12.2. The van der Waals surface area contributed by atoms with Crippen LogP contribution in [0.3, 0.4) is 0 Å². The maximum absolute atomic E-state index is 11.1. The van der Waals surface area contributed by atoms with E-state index < -0.39 is 6.10 Å². The van der Waals surface area contributed by atoms with Gasteiger partial charge in [0.15, 0.2) is 0 Å². The Hall–Kier alpha value is -1.71. The van der Waals surface area contributed by atoms with E-state index in [1.165, 1.54) is 13.0 Å². The number of pyridine rings is 1. The van der Waals surface area contributed by atoms with Crippen molar-refractivity contribution in [2.24, 2.45) is 11.3 Å². The second-order valence-electron chi connectivity index (χ2n) is 7.75. The predicted octanol–water partition coefficient (Wildman–Crippen LogP) is 1.89. The first-order valence-corrected chi connectivity index (χ1v) is 8.65. The maximum atomic E-state index is 11.1. The number of para-hydroxylation sites is 1. The van der Waals surface area contributed by atoms with Crippen LogP contribution in [0.15, 0.2) is 49.2 Å². The second kappa shape index (κ2) is 4.22. The van der Waals surface area contributed by atoms with Gasteiger partial charge in [-0.05, 0) is 24.6 Å². The molecule has 2 saturated heterocycles. The van der Waals surface area contributed by atoms with Gasteiger partial charge in [0, 0.05) is 29.3 Å². The van der Waals surface area contributed by atoms with Crippen LogP contribution in [0.25, 0.3) is 10.9 Å². The number of aromatic nitrogens is 1. The lowest BCUT2D eigenvalue weighted by Gasteiger charge is -2.48. The molecule has 1 spiro atoms. The number of hydrogen-bond acceptors (Lipinski definition) is 2. The highest BCUT2D eigenvalue weighted by Crippen LogP contribution is 2.69. The van der Waals surface area contributed by atoms with Crippen molar-refractivity contribution >= 4 is 10.9 Å². The van der Waals surface area contributed by atoms with Crippen molar-refractivity contribution in [1.29, 1.82) is 0 Å². The Kier molecular flexibility index (Phi) is 2.52. The molecule has 2 aromatic rings. The molecule has 1 saturated carbocycles. The van der Waals surface area contributed by atoms with Crippen LogP contribution in [0.5, 0.6) is 0 Å². The van der Waals surface area contributed by atoms with Gasteiger partial charge in [0.25, 0.3) is 0 Å². The van der Waals surface area contributed by atoms with E-state index in [0.717, 1.165) is 28.8 Å². The van der Waals surface area contributed by atoms with Crippen molar-refractivity contribution in [3.8, 4) is 0 Å². The highest BCUT2D eigenvalue weighted by molar-refractivity contribution is 5.82. The van der Waals surface area contributed by atoms with Gasteiger partial charge in [-0.2, -0.15) is 0 Å². The molecule has 1 aliphatic carbocycles. The Labute approximate surface area is 136 Å². The number of aliphatic hydroxyl groups excluding tert-OH is 1. The molecule has 1 aromatic carbocycles. The van der Waals surface area contributed by atoms with Crippen LogP contribution in [0.2, 0.25) is 0 Å². The molecule has 0 radical (unpaired) electrons. The lowest BCUT2D eigenvalue weighted by Crippen LogP contribution is -3.27. The van der Waals surface area contributed by atoms with Gasteiger partial charge in [-0.1, -0.05) is 24.3 Å². The average molecular weight is 307 g/mol. The van der Waals surface area contributed by atoms with Crippen LogP contribution in [0, 0.1) is 11.3 Å². The number of quaternary nitrogens is 1. The number of fused-ring (bicyclic) bond motifs is 1. The third-order valence-corrected chi connectivity index (χ3v) is 7.27. The van der Waals surface area contributed by atoms with E-state index in [1.54, 1.807) is 4.90 Å². The maximum Gasteiger partial charge on any atom is 0.132 e. The monoisotopic (exact) mass is 307 g/mol. The lowest BCUT2D eigenvalue weighted by molar-refractivity contribution is -1.01. The summed E-state index contributed by atoms with van der Waals surface area (Å²) in [5.74, 6) is 0.778. The molecule has 0 amide bonds. The molecule has 23 heavy (non-hydrogen) atoms. The summed E-state index contributed by atoms with van der Waals surface area (Å²) in [7, 11) is 0. The number of nitrogens with one attached hydrogen (secondary N) is 1. The number of benzene rings is 1. The van der Waals surface area contributed by atoms with E-state index in [-0.39, 0.29) is 5.41 Å². The molecule has 0 bridgehead atoms. The minimum atomic E-state index is -0.406. The van der Waals surface area contributed by atoms with Crippen LogP contribution >= 0.6 is 0 Å². The first-order chi connectivity index (χ1) is 11.1. The molecule has 3 unspecified atom stereocenters. The zero-order valence-electron chi connectivity index (χ0n) is 13.5. The summed E-state index contributed by atoms with van der Waals surface area (Å²) in [6.07, 6.45) is 5.98. The summed E-state index contributed by atoms with van der Waals surface area (Å²) in [6, 6.07) is 10.4. The Morgan fingerprint density at radius 1 is 1.39 bits per heavy atom. The number of aliphatic hydroxyl groups is 1. The Morgan fingerprint density at radius 3 is 3.00 bits per heavy atom. The molecule has 6 atom stereocenters. The van der Waals surface area contributed by atoms with Crippen molar-refractivity contribution in [2.45, 2.75) is 37.5 Å². The van der Waals surface area contributed by atoms with E-state index in [0.29, 0.717) is 11.6 Å². The Balaban J connectivity index is 1.49. The molecule has 1 aromatic heterocycles. The third kappa shape index (κ3) is 1.41. The minimum absolute atomic E-state index is 0.289. The van der Waals surface area contributed by atoms with E-state index >= 15 is 0 Å². The van der Waals surface area contributed by atoms with Gasteiger partial charge in [-0.25, -0.2) is 0 Å². The number of rotatable bonds is 3. The van der Waals surface area contributed by atoms with Crippen molar-refractivity contribution < 1.29 is 10.0 Å². The molecule has 3 nitrogen and oxygen atoms in total. The van der Waals surface area contributed by atoms with Crippen LogP contribution in [-0.4, -0.2) is 28.2 Å². The standard InChI is InChI=1S/C20H22N2O/c1-3-19(2)17-9-11-22-16(12-20(17,19)22)18(23)14-8-10-21-15-7-5-4-6-13(14)15/h3-8,10,16-18,23H,1,9,11-12H2,2H3/p+1/t16-,17?,18+,19?,20+/m0/s1. The van der Waals surface area contributed by atoms with Crippen LogP contribution in [0.4, 0.5) is 0 Å². The van der Waals surface area contributed by atoms with Crippen LogP contribution in [0.1, 0.15) is 31.4 Å². The third-order valence-electron chi connectivity index (χ3n) is 7.27. The molecule has 3 heterocycles. The van der Waals surface area contributed by atoms with Gasteiger partial charge < -0.3 is 10.0 Å². The van der Waals surface area contributed by atoms with Gasteiger partial charge >= 0.3 is 0 Å². The molecule has 5 rings (SSSR count). The highest BCUT2D eigenvalue weighted by atomic mass is 16.3. The van der Waals surface area contributed by atoms with Gasteiger partial charge in [0.05, 0.1) is 18.5 Å². The Bertz CT molecular complexity index is 813. The number of piperidine rings is 1. The fourth-order valence-electron chi connectivity index (χ4n) is 6.03. The minimum Gasteiger partial charge on any atom is -0.382 e. The van der Waals surface area contributed by atoms with Crippen LogP contribution < -0.4 is 4.90 Å². The van der Waals surface area contributed by atoms with Crippen molar-refractivity contribution in [1.82, 2.24) is 4.98 Å². The topological polar surface area (TPSA) is 37.6 Å². The SMILES string of the molecule is C=CC1(C)C2CC[NH+]3[C@H]([C@H](O)c4ccnc5ccccc45)C[C@]231. The van der Waals surface area contributed by atoms with Gasteiger partial charge in [-0.3, -0.25) is 4.98 Å². The molecular weight excluding hydrogens is 284 g/mol. The number of nitrogens with zero attached hydrogens (tertiary/aromatic N) is 1. The summed E-state index contributed by atoms with van der Waals surface area (Å²) in [5.41, 5.74) is 2.67. The summed E-state index contributed by atoms with van der Waals surface area (Å²) < 4.78 is 0. The van der Waals surface area contributed by atoms with E-state index in [1.807, 2.05) is 30.5 Å². The smallest absolute Gasteiger partial charge is 0.132 e. The second-order valence-corrected chi connectivity index (χ2v) is 7.75. The zero-order chi connectivity index (χ0) is 15.8. The molecule has 3 aliphatic rings. The lowest BCUT2D eigenvalue weighted by atomic mass is 9.79. The van der Waals surface area contributed by atoms with Gasteiger partial charge in [0.1, 0.15) is 17.7 Å². The van der Waals surface area contributed by atoms with Gasteiger partial charge in [-0.15, -0.1) is 6.58 Å². The van der Waals surface area contributed by atoms with Crippen molar-refractivity contribution in [3.63, 3.8) is 0 Å². The molecule has 3 heteroatoms. The van der Waals surface area contributed by atoms with E-state index in [4.69, 9.17) is 0 Å². The molecule has 118 valence electrons. The molecular formula is C20H23N2O+. The molecule has 3 fully saturated rings. The zero-order valence-corrected chi connectivity index (χ0v) is 13.5. The highest BCUT2D eigenvalue weighted by Gasteiger charge is 2.87. The predicted molar refractivity (Wildman–Crippen MR) is 90.1 cm³/mol. The van der Waals surface area contributed by atoms with E-state index in [2.05, 4.69) is 30.6 Å². The molecule has 2 N–H and O–H groups in total. The first-order valence-electron chi connectivity index (χ1n) is 8.65. The molecule has 2 aliphatic heterocycles. The Morgan fingerprint density at radius 2 is 2.22 bits per heavy atom. The van der Waals surface area contributed by atoms with Gasteiger partial charge in [0.2, 0.25) is 0 Å². The summed E-state index contributed by atoms with van der Waals surface area (Å²) >= 11 is 0. The number of hydrogen-bond donors (Lipinski definition) is 2. The normalized spacial score (nSPS) is 41.7. The summed E-state index contributed by atoms with van der Waals surface area (Å²) in [4.78, 5) is 6.03. The summed E-state index contributed by atoms with van der Waals surface area (Å²) in [6.45, 7) is 7.62. The van der Waals surface area contributed by atoms with E-state index in [9.17, 15) is 5.11 Å². The quantitative estimate of drug-likeness (QED) is 0.850. The van der Waals surface area contributed by atoms with Crippen LogP contribution in [-0.2, 0) is 0 Å².